The SMILES string of the molecule is Cc1ccc(C)c(C(C)(C)C2=[C-]C=CC2)c1.[Cl-].[Cl-].[Cl-].[Ti+4]. The number of aryl methyl sites for hydroxylation is 2. The summed E-state index contributed by atoms with van der Waals surface area (Å²) in [5.41, 5.74) is 5.62. The van der Waals surface area contributed by atoms with Gasteiger partial charge in [0.2, 0.25) is 0 Å². The first kappa shape index (κ1) is 25.3. The molecule has 2 rings (SSSR count). The minimum Gasteiger partial charge on any atom is -1.00 e. The zero-order valence-corrected chi connectivity index (χ0v) is 16.1. The molecule has 1 aliphatic carbocycles. The minimum atomic E-state index is 0. The topological polar surface area (TPSA) is 0 Å². The predicted octanol–water partition coefficient (Wildman–Crippen LogP) is -4.72. The molecule has 0 aliphatic heterocycles. The molecular formula is C16H19Cl3Ti. The number of allylic oxidation sites excluding steroid dienone is 4. The summed E-state index contributed by atoms with van der Waals surface area (Å²) in [6, 6.07) is 6.71. The van der Waals surface area contributed by atoms with Crippen LogP contribution in [0.5, 0.6) is 0 Å². The quantitative estimate of drug-likeness (QED) is 0.365. The normalized spacial score (nSPS) is 12.3. The summed E-state index contributed by atoms with van der Waals surface area (Å²) in [7, 11) is 0. The molecule has 1 aliphatic rings. The van der Waals surface area contributed by atoms with Crippen molar-refractivity contribution in [1.82, 2.24) is 0 Å². The van der Waals surface area contributed by atoms with Gasteiger partial charge in [-0.05, 0) is 30.4 Å². The van der Waals surface area contributed by atoms with E-state index in [1.54, 1.807) is 0 Å². The van der Waals surface area contributed by atoms with Crippen LogP contribution in [0, 0.1) is 19.9 Å². The summed E-state index contributed by atoms with van der Waals surface area (Å²) in [5, 5.41) is 0. The van der Waals surface area contributed by atoms with Gasteiger partial charge >= 0.3 is 21.7 Å². The van der Waals surface area contributed by atoms with Crippen LogP contribution in [0.3, 0.4) is 0 Å². The Bertz CT molecular complexity index is 477. The van der Waals surface area contributed by atoms with E-state index in [2.05, 4.69) is 58.0 Å². The molecule has 0 amide bonds. The van der Waals surface area contributed by atoms with Gasteiger partial charge in [-0.3, -0.25) is 6.08 Å². The third kappa shape index (κ3) is 5.24. The molecule has 108 valence electrons. The molecule has 20 heavy (non-hydrogen) atoms. The number of hydrogen-bond donors (Lipinski definition) is 0. The largest absolute Gasteiger partial charge is 4.00 e. The Morgan fingerprint density at radius 3 is 2.15 bits per heavy atom. The van der Waals surface area contributed by atoms with Crippen molar-refractivity contribution in [3.8, 4) is 0 Å². The second-order valence-corrected chi connectivity index (χ2v) is 5.17. The van der Waals surface area contributed by atoms with Gasteiger partial charge in [-0.25, -0.2) is 12.2 Å². The van der Waals surface area contributed by atoms with Crippen molar-refractivity contribution in [2.45, 2.75) is 39.5 Å². The van der Waals surface area contributed by atoms with Crippen LogP contribution < -0.4 is 37.2 Å². The maximum Gasteiger partial charge on any atom is 4.00 e. The average Bonchev–Trinajstić information content (AvgIpc) is 2.75. The van der Waals surface area contributed by atoms with Gasteiger partial charge in [0.1, 0.15) is 0 Å². The van der Waals surface area contributed by atoms with E-state index in [1.807, 2.05) is 6.08 Å². The minimum absolute atomic E-state index is 0. The first-order valence-corrected chi connectivity index (χ1v) is 5.87. The smallest absolute Gasteiger partial charge is 1.00 e. The van der Waals surface area contributed by atoms with Gasteiger partial charge in [-0.1, -0.05) is 44.0 Å². The van der Waals surface area contributed by atoms with Crippen molar-refractivity contribution in [2.24, 2.45) is 0 Å². The van der Waals surface area contributed by atoms with Gasteiger partial charge in [0, 0.05) is 0 Å². The van der Waals surface area contributed by atoms with Gasteiger partial charge in [-0.15, -0.1) is 0 Å². The van der Waals surface area contributed by atoms with Gasteiger partial charge in [0.15, 0.2) is 0 Å². The Morgan fingerprint density at radius 2 is 1.65 bits per heavy atom. The molecule has 0 aromatic heterocycles. The molecule has 0 atom stereocenters. The molecule has 4 heteroatoms. The van der Waals surface area contributed by atoms with Gasteiger partial charge in [-0.2, -0.15) is 5.57 Å². The molecular weight excluding hydrogens is 346 g/mol. The second-order valence-electron chi connectivity index (χ2n) is 5.17. The molecule has 0 fully saturated rings. The molecule has 1 aromatic carbocycles. The first-order chi connectivity index (χ1) is 7.51. The van der Waals surface area contributed by atoms with Gasteiger partial charge < -0.3 is 37.2 Å². The molecule has 0 N–H and O–H groups in total. The van der Waals surface area contributed by atoms with Gasteiger partial charge in [0.25, 0.3) is 0 Å². The van der Waals surface area contributed by atoms with Crippen molar-refractivity contribution < 1.29 is 58.9 Å². The molecule has 1 aromatic rings. The number of halogens is 3. The van der Waals surface area contributed by atoms with Crippen molar-refractivity contribution in [1.29, 1.82) is 0 Å². The second kappa shape index (κ2) is 10.1. The Labute approximate surface area is 156 Å². The third-order valence-electron chi connectivity index (χ3n) is 3.52. The average molecular weight is 366 g/mol. The molecule has 0 heterocycles. The fraction of sp³-hybridized carbons (Fsp3) is 0.375. The molecule has 0 saturated heterocycles. The van der Waals surface area contributed by atoms with Crippen LogP contribution in [0.1, 0.15) is 37.0 Å². The Balaban J connectivity index is -0.000000722. The maximum absolute atomic E-state index is 3.38. The molecule has 0 spiro atoms. The van der Waals surface area contributed by atoms with Crippen LogP contribution in [0.4, 0.5) is 0 Å². The van der Waals surface area contributed by atoms with Crippen molar-refractivity contribution in [2.75, 3.05) is 0 Å². The first-order valence-electron chi connectivity index (χ1n) is 5.87. The Morgan fingerprint density at radius 1 is 1.05 bits per heavy atom. The van der Waals surface area contributed by atoms with E-state index in [1.165, 1.54) is 22.3 Å². The van der Waals surface area contributed by atoms with Crippen LogP contribution >= 0.6 is 0 Å². The van der Waals surface area contributed by atoms with E-state index in [-0.39, 0.29) is 64.4 Å². The summed E-state index contributed by atoms with van der Waals surface area (Å²) in [6.45, 7) is 8.94. The van der Waals surface area contributed by atoms with Crippen LogP contribution in [-0.4, -0.2) is 0 Å². The fourth-order valence-corrected chi connectivity index (χ4v) is 2.40. The maximum atomic E-state index is 3.38. The summed E-state index contributed by atoms with van der Waals surface area (Å²) in [5.74, 6) is 0. The number of benzene rings is 1. The van der Waals surface area contributed by atoms with Crippen molar-refractivity contribution in [3.63, 3.8) is 0 Å². The molecule has 0 saturated carbocycles. The zero-order chi connectivity index (χ0) is 11.8. The summed E-state index contributed by atoms with van der Waals surface area (Å²) < 4.78 is 0. The molecule has 0 bridgehead atoms. The predicted molar refractivity (Wildman–Crippen MR) is 69.5 cm³/mol. The van der Waals surface area contributed by atoms with E-state index in [9.17, 15) is 0 Å². The van der Waals surface area contributed by atoms with Gasteiger partial charge in [0.05, 0.1) is 0 Å². The van der Waals surface area contributed by atoms with Crippen molar-refractivity contribution >= 4 is 0 Å². The van der Waals surface area contributed by atoms with E-state index in [0.29, 0.717) is 0 Å². The van der Waals surface area contributed by atoms with E-state index in [0.717, 1.165) is 6.42 Å². The molecule has 0 radical (unpaired) electrons. The van der Waals surface area contributed by atoms with E-state index < -0.39 is 0 Å². The van der Waals surface area contributed by atoms with Crippen LogP contribution in [-0.2, 0) is 27.1 Å². The number of hydrogen-bond acceptors (Lipinski definition) is 0. The monoisotopic (exact) mass is 364 g/mol. The molecule has 0 nitrogen and oxygen atoms in total. The Kier molecular flexibility index (Phi) is 12.7. The van der Waals surface area contributed by atoms with Crippen LogP contribution in [0.15, 0.2) is 35.9 Å². The van der Waals surface area contributed by atoms with Crippen LogP contribution in [0.2, 0.25) is 0 Å². The van der Waals surface area contributed by atoms with E-state index >= 15 is 0 Å². The summed E-state index contributed by atoms with van der Waals surface area (Å²) >= 11 is 0. The van der Waals surface area contributed by atoms with Crippen LogP contribution in [0.25, 0.3) is 0 Å². The molecule has 0 unspecified atom stereocenters. The summed E-state index contributed by atoms with van der Waals surface area (Å²) in [6.07, 6.45) is 8.65. The number of rotatable bonds is 2. The summed E-state index contributed by atoms with van der Waals surface area (Å²) in [4.78, 5) is 0. The third-order valence-corrected chi connectivity index (χ3v) is 3.52. The standard InChI is InChI=1S/C16H19.3ClH.Ti/c1-12-9-10-13(2)15(11-12)16(3,4)14-7-5-6-8-14;;;;/h5-6,9-11H,7H2,1-4H3;3*1H;/q-1;;;;+4/p-3. The zero-order valence-electron chi connectivity index (χ0n) is 12.2. The van der Waals surface area contributed by atoms with E-state index in [4.69, 9.17) is 0 Å². The fourth-order valence-electron chi connectivity index (χ4n) is 2.40. The Hall–Kier alpha value is 0.284. The van der Waals surface area contributed by atoms with Crippen molar-refractivity contribution in [3.05, 3.63) is 58.7 Å².